The molecule has 5 rings (SSSR count). The highest BCUT2D eigenvalue weighted by atomic mass is 35.5. The van der Waals surface area contributed by atoms with Gasteiger partial charge in [0.2, 0.25) is 0 Å². The number of carbonyl (C=O) groups excluding carboxylic acids is 2. The molecule has 1 saturated heterocycles. The number of hydrogen-bond acceptors (Lipinski definition) is 4. The molecular formula is C34H33Cl2NO3. The monoisotopic (exact) mass is 573 g/mol. The summed E-state index contributed by atoms with van der Waals surface area (Å²) < 4.78 is 5.95. The zero-order valence-corrected chi connectivity index (χ0v) is 24.0. The molecule has 0 atom stereocenters. The van der Waals surface area contributed by atoms with E-state index >= 15 is 0 Å². The van der Waals surface area contributed by atoms with E-state index in [0.717, 1.165) is 36.5 Å². The molecular weight excluding hydrogens is 541 g/mol. The number of piperidine rings is 1. The van der Waals surface area contributed by atoms with Crippen molar-refractivity contribution in [2.45, 2.75) is 32.1 Å². The highest BCUT2D eigenvalue weighted by Crippen LogP contribution is 2.35. The predicted octanol–water partition coefficient (Wildman–Crippen LogP) is 8.19. The normalized spacial score (nSPS) is 20.1. The molecule has 1 aliphatic carbocycles. The van der Waals surface area contributed by atoms with Gasteiger partial charge in [0.15, 0.2) is 11.6 Å². The Morgan fingerprint density at radius 3 is 1.82 bits per heavy atom. The summed E-state index contributed by atoms with van der Waals surface area (Å²) in [7, 11) is 0. The lowest BCUT2D eigenvalue weighted by Crippen LogP contribution is -2.33. The summed E-state index contributed by atoms with van der Waals surface area (Å²) in [5, 5.41) is 1.26. The third-order valence-electron chi connectivity index (χ3n) is 7.57. The Labute approximate surface area is 246 Å². The summed E-state index contributed by atoms with van der Waals surface area (Å²) in [4.78, 5) is 29.6. The number of likely N-dealkylation sites (tertiary alicyclic amines) is 1. The largest absolute Gasteiger partial charge is 0.492 e. The molecule has 3 aromatic carbocycles. The second-order valence-corrected chi connectivity index (χ2v) is 11.4. The van der Waals surface area contributed by atoms with Crippen molar-refractivity contribution in [2.75, 3.05) is 26.2 Å². The van der Waals surface area contributed by atoms with Gasteiger partial charge in [-0.2, -0.15) is 0 Å². The van der Waals surface area contributed by atoms with Gasteiger partial charge in [-0.25, -0.2) is 0 Å². The quantitative estimate of drug-likeness (QED) is 0.201. The molecule has 1 heterocycles. The van der Waals surface area contributed by atoms with Crippen LogP contribution >= 0.6 is 23.2 Å². The van der Waals surface area contributed by atoms with Crippen LogP contribution in [0.3, 0.4) is 0 Å². The minimum atomic E-state index is -0.347. The first-order valence-electron chi connectivity index (χ1n) is 13.9. The number of benzene rings is 3. The Balaban J connectivity index is 1.32. The van der Waals surface area contributed by atoms with E-state index in [0.29, 0.717) is 46.2 Å². The number of nitrogens with zero attached hydrogens (tertiary/aromatic N) is 1. The van der Waals surface area contributed by atoms with E-state index in [4.69, 9.17) is 27.9 Å². The van der Waals surface area contributed by atoms with Gasteiger partial charge in [0.1, 0.15) is 12.4 Å². The van der Waals surface area contributed by atoms with Gasteiger partial charge in [-0.15, -0.1) is 0 Å². The third-order valence-corrected chi connectivity index (χ3v) is 8.08. The van der Waals surface area contributed by atoms with Crippen molar-refractivity contribution in [1.82, 2.24) is 4.90 Å². The zero-order chi connectivity index (χ0) is 27.9. The van der Waals surface area contributed by atoms with Gasteiger partial charge in [-0.1, -0.05) is 53.9 Å². The van der Waals surface area contributed by atoms with Crippen LogP contribution in [0.2, 0.25) is 10.0 Å². The Morgan fingerprint density at radius 1 is 0.775 bits per heavy atom. The van der Waals surface area contributed by atoms with Crippen LogP contribution in [0.5, 0.6) is 5.75 Å². The first-order chi connectivity index (χ1) is 19.4. The van der Waals surface area contributed by atoms with Crippen LogP contribution in [0, 0.1) is 5.92 Å². The van der Waals surface area contributed by atoms with Crippen LogP contribution in [-0.4, -0.2) is 42.7 Å². The van der Waals surface area contributed by atoms with Crippen molar-refractivity contribution in [2.24, 2.45) is 5.92 Å². The van der Waals surface area contributed by atoms with Crippen LogP contribution in [0.25, 0.3) is 12.2 Å². The fraction of sp³-hybridized carbons (Fsp3) is 0.294. The maximum Gasteiger partial charge on any atom is 0.185 e. The van der Waals surface area contributed by atoms with E-state index in [9.17, 15) is 9.59 Å². The molecule has 206 valence electrons. The van der Waals surface area contributed by atoms with Gasteiger partial charge >= 0.3 is 0 Å². The summed E-state index contributed by atoms with van der Waals surface area (Å²) in [6.45, 7) is 3.84. The topological polar surface area (TPSA) is 46.6 Å². The predicted molar refractivity (Wildman–Crippen MR) is 163 cm³/mol. The summed E-state index contributed by atoms with van der Waals surface area (Å²) in [5.74, 6) is 0.405. The lowest BCUT2D eigenvalue weighted by Gasteiger charge is -2.26. The van der Waals surface area contributed by atoms with E-state index in [2.05, 4.69) is 4.90 Å². The van der Waals surface area contributed by atoms with Gasteiger partial charge in [-0.3, -0.25) is 14.5 Å². The number of Topliss-reactive ketones (excluding diaryl/α,β-unsaturated/α-hetero) is 2. The van der Waals surface area contributed by atoms with Crippen molar-refractivity contribution in [3.63, 3.8) is 0 Å². The molecule has 0 bridgehead atoms. The molecule has 0 spiro atoms. The number of ketones is 2. The lowest BCUT2D eigenvalue weighted by atomic mass is 9.76. The molecule has 4 nitrogen and oxygen atoms in total. The summed E-state index contributed by atoms with van der Waals surface area (Å²) in [6, 6.07) is 22.1. The maximum atomic E-state index is 13.7. The molecule has 2 aliphatic rings. The standard InChI is InChI=1S/C34H33Cl2NO3/c35-30-10-4-24(5-11-30)20-27-22-29(23-28(34(27)39)21-25-6-12-31(36)13-7-25)33(38)26-8-14-32(15-9-26)40-19-18-37-16-2-1-3-17-37/h4-15,20-21,29H,1-3,16-19,22-23H2/b27-20+,28-21+. The fourth-order valence-electron chi connectivity index (χ4n) is 5.38. The molecule has 0 unspecified atom stereocenters. The minimum Gasteiger partial charge on any atom is -0.492 e. The maximum absolute atomic E-state index is 13.7. The van der Waals surface area contributed by atoms with E-state index in [1.54, 1.807) is 24.3 Å². The Kier molecular flexibility index (Phi) is 9.53. The highest BCUT2D eigenvalue weighted by Gasteiger charge is 2.32. The van der Waals surface area contributed by atoms with Crippen LogP contribution in [0.4, 0.5) is 0 Å². The van der Waals surface area contributed by atoms with Gasteiger partial charge in [-0.05, 0) is 111 Å². The number of ether oxygens (including phenoxy) is 1. The van der Waals surface area contributed by atoms with Gasteiger partial charge < -0.3 is 4.74 Å². The van der Waals surface area contributed by atoms with Crippen molar-refractivity contribution < 1.29 is 14.3 Å². The molecule has 0 N–H and O–H groups in total. The summed E-state index contributed by atoms with van der Waals surface area (Å²) in [5.41, 5.74) is 3.60. The first kappa shape index (κ1) is 28.4. The number of allylic oxidation sites excluding steroid dienone is 2. The second kappa shape index (κ2) is 13.5. The molecule has 2 fully saturated rings. The second-order valence-electron chi connectivity index (χ2n) is 10.5. The molecule has 1 saturated carbocycles. The van der Waals surface area contributed by atoms with Crippen molar-refractivity contribution in [3.8, 4) is 5.75 Å². The molecule has 0 aromatic heterocycles. The summed E-state index contributed by atoms with van der Waals surface area (Å²) >= 11 is 12.1. The van der Waals surface area contributed by atoms with Gasteiger partial charge in [0, 0.05) is 39.2 Å². The Morgan fingerprint density at radius 2 is 1.30 bits per heavy atom. The van der Waals surface area contributed by atoms with E-state index < -0.39 is 0 Å². The van der Waals surface area contributed by atoms with Crippen molar-refractivity contribution in [3.05, 3.63) is 111 Å². The number of hydrogen-bond donors (Lipinski definition) is 0. The molecule has 3 aromatic rings. The lowest BCUT2D eigenvalue weighted by molar-refractivity contribution is -0.113. The van der Waals surface area contributed by atoms with Gasteiger partial charge in [0.25, 0.3) is 0 Å². The summed E-state index contributed by atoms with van der Waals surface area (Å²) in [6.07, 6.45) is 8.34. The minimum absolute atomic E-state index is 0.0244. The van der Waals surface area contributed by atoms with E-state index in [1.165, 1.54) is 19.3 Å². The van der Waals surface area contributed by atoms with E-state index in [1.807, 2.05) is 60.7 Å². The molecule has 40 heavy (non-hydrogen) atoms. The molecule has 6 heteroatoms. The van der Waals surface area contributed by atoms with E-state index in [-0.39, 0.29) is 17.5 Å². The fourth-order valence-corrected chi connectivity index (χ4v) is 5.63. The average molecular weight is 575 g/mol. The SMILES string of the molecule is O=C1/C(=C/c2ccc(Cl)cc2)CC(C(=O)c2ccc(OCCN3CCCCC3)cc2)C/C1=C\c1ccc(Cl)cc1. The van der Waals surface area contributed by atoms with Crippen LogP contribution < -0.4 is 4.74 Å². The average Bonchev–Trinajstić information content (AvgIpc) is 2.98. The number of carbonyl (C=O) groups is 2. The molecule has 0 radical (unpaired) electrons. The van der Waals surface area contributed by atoms with Crippen molar-refractivity contribution in [1.29, 1.82) is 0 Å². The Hall–Kier alpha value is -3.18. The zero-order valence-electron chi connectivity index (χ0n) is 22.5. The molecule has 0 amide bonds. The van der Waals surface area contributed by atoms with Crippen LogP contribution in [0.15, 0.2) is 83.9 Å². The first-order valence-corrected chi connectivity index (χ1v) is 14.7. The number of rotatable bonds is 8. The Bertz CT molecular complexity index is 1320. The smallest absolute Gasteiger partial charge is 0.185 e. The van der Waals surface area contributed by atoms with Gasteiger partial charge in [0.05, 0.1) is 0 Å². The van der Waals surface area contributed by atoms with Crippen molar-refractivity contribution >= 4 is 46.9 Å². The number of halogens is 2. The van der Waals surface area contributed by atoms with Crippen LogP contribution in [-0.2, 0) is 4.79 Å². The van der Waals surface area contributed by atoms with Crippen LogP contribution in [0.1, 0.15) is 53.6 Å². The highest BCUT2D eigenvalue weighted by molar-refractivity contribution is 6.31. The molecule has 1 aliphatic heterocycles. The third kappa shape index (κ3) is 7.51.